The summed E-state index contributed by atoms with van der Waals surface area (Å²) in [7, 11) is -0.561. The molecule has 1 saturated heterocycles. The van der Waals surface area contributed by atoms with Crippen molar-refractivity contribution in [2.75, 3.05) is 0 Å². The van der Waals surface area contributed by atoms with Gasteiger partial charge in [-0.05, 0) is 27.7 Å². The highest BCUT2D eigenvalue weighted by atomic mass is 19.3. The van der Waals surface area contributed by atoms with E-state index in [4.69, 9.17) is 9.31 Å². The second-order valence-electron chi connectivity index (χ2n) is 6.48. The SMILES string of the molecule is CC1(C)OB(c2cnc(C3CC3(F)F)nc2)OC1(C)C. The molecule has 0 aromatic carbocycles. The highest BCUT2D eigenvalue weighted by Crippen LogP contribution is 2.54. The zero-order chi connectivity index (χ0) is 14.8. The van der Waals surface area contributed by atoms with Gasteiger partial charge in [-0.3, -0.25) is 0 Å². The summed E-state index contributed by atoms with van der Waals surface area (Å²) in [4.78, 5) is 8.05. The van der Waals surface area contributed by atoms with Crippen molar-refractivity contribution in [3.05, 3.63) is 18.2 Å². The molecule has 2 heterocycles. The average Bonchev–Trinajstić information content (AvgIpc) is 2.90. The van der Waals surface area contributed by atoms with E-state index in [-0.39, 0.29) is 12.2 Å². The number of halogens is 2. The van der Waals surface area contributed by atoms with Crippen molar-refractivity contribution in [3.8, 4) is 0 Å². The van der Waals surface area contributed by atoms with Crippen LogP contribution in [0.15, 0.2) is 12.4 Å². The lowest BCUT2D eigenvalue weighted by atomic mass is 9.81. The molecule has 0 spiro atoms. The molecule has 1 aromatic rings. The summed E-state index contributed by atoms with van der Waals surface area (Å²) >= 11 is 0. The van der Waals surface area contributed by atoms with E-state index in [0.29, 0.717) is 5.46 Å². The van der Waals surface area contributed by atoms with Crippen molar-refractivity contribution < 1.29 is 18.1 Å². The standard InChI is InChI=1S/C13H17BF2N2O2/c1-11(2)12(3,4)20-14(19-11)8-6-17-10(18-7-8)9-5-13(9,15)16/h6-7,9H,5H2,1-4H3. The van der Waals surface area contributed by atoms with Gasteiger partial charge >= 0.3 is 7.12 Å². The Morgan fingerprint density at radius 3 is 1.95 bits per heavy atom. The summed E-state index contributed by atoms with van der Waals surface area (Å²) in [5.74, 6) is -3.30. The molecule has 1 aliphatic heterocycles. The van der Waals surface area contributed by atoms with Crippen molar-refractivity contribution in [2.45, 2.75) is 57.2 Å². The van der Waals surface area contributed by atoms with Gasteiger partial charge in [-0.25, -0.2) is 18.7 Å². The molecule has 4 nitrogen and oxygen atoms in total. The minimum absolute atomic E-state index is 0.164. The fraction of sp³-hybridized carbons (Fsp3) is 0.692. The number of nitrogens with zero attached hydrogens (tertiary/aromatic N) is 2. The van der Waals surface area contributed by atoms with Crippen LogP contribution in [0.25, 0.3) is 0 Å². The van der Waals surface area contributed by atoms with Crippen LogP contribution in [-0.4, -0.2) is 34.2 Å². The molecule has 2 aliphatic rings. The van der Waals surface area contributed by atoms with Crippen LogP contribution in [0.1, 0.15) is 45.9 Å². The smallest absolute Gasteiger partial charge is 0.399 e. The Morgan fingerprint density at radius 2 is 1.55 bits per heavy atom. The maximum atomic E-state index is 13.0. The second kappa shape index (κ2) is 3.98. The minimum Gasteiger partial charge on any atom is -0.399 e. The fourth-order valence-electron chi connectivity index (χ4n) is 2.12. The first-order valence-electron chi connectivity index (χ1n) is 6.68. The van der Waals surface area contributed by atoms with Crippen molar-refractivity contribution in [1.82, 2.24) is 9.97 Å². The highest BCUT2D eigenvalue weighted by Gasteiger charge is 2.59. The first kappa shape index (κ1) is 13.9. The molecule has 0 amide bonds. The molecule has 1 saturated carbocycles. The first-order valence-corrected chi connectivity index (χ1v) is 6.68. The molecular formula is C13H17BF2N2O2. The van der Waals surface area contributed by atoms with Crippen LogP contribution < -0.4 is 5.46 Å². The van der Waals surface area contributed by atoms with E-state index in [0.717, 1.165) is 0 Å². The van der Waals surface area contributed by atoms with Crippen molar-refractivity contribution in [2.24, 2.45) is 0 Å². The average molecular weight is 282 g/mol. The van der Waals surface area contributed by atoms with Gasteiger partial charge in [-0.2, -0.15) is 0 Å². The number of alkyl halides is 2. The zero-order valence-corrected chi connectivity index (χ0v) is 12.0. The van der Waals surface area contributed by atoms with Gasteiger partial charge in [-0.1, -0.05) is 0 Å². The van der Waals surface area contributed by atoms with Crippen LogP contribution in [0.2, 0.25) is 0 Å². The lowest BCUT2D eigenvalue weighted by Gasteiger charge is -2.32. The molecule has 1 atom stereocenters. The van der Waals surface area contributed by atoms with Crippen LogP contribution in [0, 0.1) is 0 Å². The monoisotopic (exact) mass is 282 g/mol. The highest BCUT2D eigenvalue weighted by molar-refractivity contribution is 6.61. The first-order chi connectivity index (χ1) is 9.12. The van der Waals surface area contributed by atoms with Gasteiger partial charge in [0.2, 0.25) is 0 Å². The zero-order valence-electron chi connectivity index (χ0n) is 12.0. The minimum atomic E-state index is -2.65. The Hall–Kier alpha value is -1.08. The van der Waals surface area contributed by atoms with E-state index in [1.54, 1.807) is 0 Å². The van der Waals surface area contributed by atoms with Gasteiger partial charge in [0.15, 0.2) is 0 Å². The Balaban J connectivity index is 1.77. The lowest BCUT2D eigenvalue weighted by molar-refractivity contribution is 0.00578. The summed E-state index contributed by atoms with van der Waals surface area (Å²) < 4.78 is 37.6. The van der Waals surface area contributed by atoms with E-state index in [9.17, 15) is 8.78 Å². The number of hydrogen-bond acceptors (Lipinski definition) is 4. The Labute approximate surface area is 117 Å². The van der Waals surface area contributed by atoms with E-state index in [1.165, 1.54) is 12.4 Å². The molecule has 108 valence electrons. The number of rotatable bonds is 2. The maximum absolute atomic E-state index is 13.0. The fourth-order valence-corrected chi connectivity index (χ4v) is 2.12. The van der Waals surface area contributed by atoms with Gasteiger partial charge in [0, 0.05) is 24.3 Å². The predicted octanol–water partition coefficient (Wildman–Crippen LogP) is 1.90. The molecule has 7 heteroatoms. The molecule has 3 rings (SSSR count). The predicted molar refractivity (Wildman–Crippen MR) is 70.1 cm³/mol. The molecule has 20 heavy (non-hydrogen) atoms. The van der Waals surface area contributed by atoms with Gasteiger partial charge < -0.3 is 9.31 Å². The van der Waals surface area contributed by atoms with E-state index in [1.807, 2.05) is 27.7 Å². The quantitative estimate of drug-likeness (QED) is 0.777. The van der Waals surface area contributed by atoms with Crippen LogP contribution in [0.3, 0.4) is 0 Å². The van der Waals surface area contributed by atoms with Gasteiger partial charge in [0.1, 0.15) is 5.82 Å². The van der Waals surface area contributed by atoms with Gasteiger partial charge in [0.05, 0.1) is 17.1 Å². The molecule has 1 aliphatic carbocycles. The molecule has 1 aromatic heterocycles. The molecule has 0 N–H and O–H groups in total. The second-order valence-corrected chi connectivity index (χ2v) is 6.48. The number of hydrogen-bond donors (Lipinski definition) is 0. The number of aromatic nitrogens is 2. The Kier molecular flexibility index (Phi) is 2.76. The van der Waals surface area contributed by atoms with E-state index in [2.05, 4.69) is 9.97 Å². The van der Waals surface area contributed by atoms with Crippen molar-refractivity contribution >= 4 is 12.6 Å². The Morgan fingerprint density at radius 1 is 1.10 bits per heavy atom. The molecule has 1 unspecified atom stereocenters. The third-order valence-corrected chi connectivity index (χ3v) is 4.35. The summed E-state index contributed by atoms with van der Waals surface area (Å²) in [5, 5.41) is 0. The Bertz CT molecular complexity index is 518. The summed E-state index contributed by atoms with van der Waals surface area (Å²) in [6.07, 6.45) is 2.86. The lowest BCUT2D eigenvalue weighted by Crippen LogP contribution is -2.41. The van der Waals surface area contributed by atoms with Gasteiger partial charge in [0.25, 0.3) is 5.92 Å². The molecule has 0 radical (unpaired) electrons. The van der Waals surface area contributed by atoms with E-state index < -0.39 is 30.2 Å². The van der Waals surface area contributed by atoms with E-state index >= 15 is 0 Å². The third kappa shape index (κ3) is 2.13. The van der Waals surface area contributed by atoms with Crippen LogP contribution in [0.4, 0.5) is 8.78 Å². The largest absolute Gasteiger partial charge is 0.498 e. The maximum Gasteiger partial charge on any atom is 0.498 e. The third-order valence-electron chi connectivity index (χ3n) is 4.35. The van der Waals surface area contributed by atoms with Crippen LogP contribution in [-0.2, 0) is 9.31 Å². The van der Waals surface area contributed by atoms with Gasteiger partial charge in [-0.15, -0.1) is 0 Å². The normalized spacial score (nSPS) is 29.5. The molecule has 2 fully saturated rings. The summed E-state index contributed by atoms with van der Waals surface area (Å²) in [5.41, 5.74) is -0.240. The van der Waals surface area contributed by atoms with Crippen LogP contribution >= 0.6 is 0 Å². The van der Waals surface area contributed by atoms with Crippen molar-refractivity contribution in [3.63, 3.8) is 0 Å². The molecule has 0 bridgehead atoms. The van der Waals surface area contributed by atoms with Crippen molar-refractivity contribution in [1.29, 1.82) is 0 Å². The topological polar surface area (TPSA) is 44.2 Å². The summed E-state index contributed by atoms with van der Waals surface area (Å²) in [6, 6.07) is 0. The summed E-state index contributed by atoms with van der Waals surface area (Å²) in [6.45, 7) is 7.81. The molecular weight excluding hydrogens is 265 g/mol. The van der Waals surface area contributed by atoms with Crippen LogP contribution in [0.5, 0.6) is 0 Å².